The first-order valence-electron chi connectivity index (χ1n) is 8.12. The molecule has 1 fully saturated rings. The normalized spacial score (nSPS) is 17.1. The fraction of sp³-hybridized carbons (Fsp3) is 0.588. The maximum Gasteiger partial charge on any atom is 0.390 e. The third-order valence-electron chi connectivity index (χ3n) is 4.54. The molecule has 1 saturated carbocycles. The number of hydrogen-bond donors (Lipinski definition) is 2. The van der Waals surface area contributed by atoms with Gasteiger partial charge in [-0.05, 0) is 30.5 Å². The lowest BCUT2D eigenvalue weighted by Crippen LogP contribution is -2.45. The van der Waals surface area contributed by atoms with Gasteiger partial charge in [0, 0.05) is 25.6 Å². The van der Waals surface area contributed by atoms with Gasteiger partial charge >= 0.3 is 6.18 Å². The average molecular weight is 473 g/mol. The Kier molecular flexibility index (Phi) is 8.43. The van der Waals surface area contributed by atoms with Crippen LogP contribution in [0, 0.1) is 5.82 Å². The van der Waals surface area contributed by atoms with Gasteiger partial charge in [0.2, 0.25) is 0 Å². The Morgan fingerprint density at radius 1 is 1.12 bits per heavy atom. The summed E-state index contributed by atoms with van der Waals surface area (Å²) in [5.41, 5.74) is 0.926. The predicted molar refractivity (Wildman–Crippen MR) is 102 cm³/mol. The van der Waals surface area contributed by atoms with Gasteiger partial charge in [0.1, 0.15) is 5.82 Å². The molecule has 1 aliphatic carbocycles. The van der Waals surface area contributed by atoms with E-state index in [4.69, 9.17) is 0 Å². The molecule has 1 aliphatic rings. The monoisotopic (exact) mass is 473 g/mol. The summed E-state index contributed by atoms with van der Waals surface area (Å²) < 4.78 is 49.8. The zero-order chi connectivity index (χ0) is 17.6. The van der Waals surface area contributed by atoms with Crippen LogP contribution in [-0.4, -0.2) is 32.3 Å². The number of nitrogens with one attached hydrogen (secondary N) is 2. The molecule has 0 aliphatic heterocycles. The maximum absolute atomic E-state index is 13.2. The van der Waals surface area contributed by atoms with Gasteiger partial charge < -0.3 is 10.6 Å². The number of halogens is 5. The highest BCUT2D eigenvalue weighted by molar-refractivity contribution is 14.0. The van der Waals surface area contributed by atoms with Crippen molar-refractivity contribution in [2.24, 2.45) is 4.99 Å². The van der Waals surface area contributed by atoms with Gasteiger partial charge in [-0.3, -0.25) is 4.99 Å². The molecule has 1 aromatic carbocycles. The molecule has 142 valence electrons. The van der Waals surface area contributed by atoms with Crippen molar-refractivity contribution in [1.82, 2.24) is 10.6 Å². The summed E-state index contributed by atoms with van der Waals surface area (Å²) in [5, 5.41) is 5.82. The standard InChI is InChI=1S/C17H23F4N3.HI/c1-22-15(23-11-10-17(19,20)21)24-12-16(8-2-3-9-16)13-4-6-14(18)7-5-13;/h4-7H,2-3,8-12H2,1H3,(H2,22,23,24);1H. The number of alkyl halides is 3. The predicted octanol–water partition coefficient (Wildman–Crippen LogP) is 4.37. The summed E-state index contributed by atoms with van der Waals surface area (Å²) in [6.07, 6.45) is -1.00. The Morgan fingerprint density at radius 3 is 2.24 bits per heavy atom. The summed E-state index contributed by atoms with van der Waals surface area (Å²) in [4.78, 5) is 3.97. The Hall–Kier alpha value is -1.06. The van der Waals surface area contributed by atoms with E-state index in [1.54, 1.807) is 12.1 Å². The van der Waals surface area contributed by atoms with Gasteiger partial charge in [0.25, 0.3) is 0 Å². The zero-order valence-corrected chi connectivity index (χ0v) is 16.5. The molecule has 0 amide bonds. The largest absolute Gasteiger partial charge is 0.390 e. The van der Waals surface area contributed by atoms with E-state index >= 15 is 0 Å². The maximum atomic E-state index is 13.2. The van der Waals surface area contributed by atoms with Gasteiger partial charge in [0.05, 0.1) is 6.42 Å². The average Bonchev–Trinajstić information content (AvgIpc) is 3.00. The first-order chi connectivity index (χ1) is 11.3. The number of guanidine groups is 1. The van der Waals surface area contributed by atoms with Crippen molar-refractivity contribution in [1.29, 1.82) is 0 Å². The molecule has 0 atom stereocenters. The Bertz CT molecular complexity index is 552. The third-order valence-corrected chi connectivity index (χ3v) is 4.54. The quantitative estimate of drug-likeness (QED) is 0.289. The summed E-state index contributed by atoms with van der Waals surface area (Å²) in [5.74, 6) is 0.0807. The lowest BCUT2D eigenvalue weighted by Gasteiger charge is -2.31. The second-order valence-electron chi connectivity index (χ2n) is 6.21. The van der Waals surface area contributed by atoms with Crippen LogP contribution in [0.4, 0.5) is 17.6 Å². The van der Waals surface area contributed by atoms with Gasteiger partial charge in [-0.1, -0.05) is 25.0 Å². The van der Waals surface area contributed by atoms with Crippen LogP contribution in [0.15, 0.2) is 29.3 Å². The van der Waals surface area contributed by atoms with Crippen LogP contribution >= 0.6 is 24.0 Å². The summed E-state index contributed by atoms with van der Waals surface area (Å²) in [6.45, 7) is 0.344. The fourth-order valence-electron chi connectivity index (χ4n) is 3.22. The minimum Gasteiger partial charge on any atom is -0.356 e. The van der Waals surface area contributed by atoms with Gasteiger partial charge in [-0.2, -0.15) is 13.2 Å². The second kappa shape index (κ2) is 9.59. The molecule has 0 unspecified atom stereocenters. The highest BCUT2D eigenvalue weighted by Crippen LogP contribution is 2.40. The third kappa shape index (κ3) is 6.63. The molecule has 1 aromatic rings. The van der Waals surface area contributed by atoms with Crippen molar-refractivity contribution in [2.75, 3.05) is 20.1 Å². The molecule has 8 heteroatoms. The van der Waals surface area contributed by atoms with Crippen molar-refractivity contribution in [3.8, 4) is 0 Å². The minimum absolute atomic E-state index is 0. The number of rotatable bonds is 5. The molecule has 2 N–H and O–H groups in total. The highest BCUT2D eigenvalue weighted by Gasteiger charge is 2.35. The lowest BCUT2D eigenvalue weighted by atomic mass is 9.79. The molecule has 2 rings (SSSR count). The first kappa shape index (κ1) is 22.0. The number of nitrogens with zero attached hydrogens (tertiary/aromatic N) is 1. The number of hydrogen-bond acceptors (Lipinski definition) is 1. The number of aliphatic imine (C=N–C) groups is 1. The van der Waals surface area contributed by atoms with Crippen molar-refractivity contribution < 1.29 is 17.6 Å². The smallest absolute Gasteiger partial charge is 0.356 e. The SMILES string of the molecule is CN=C(NCCC(F)(F)F)NCC1(c2ccc(F)cc2)CCCC1.I. The van der Waals surface area contributed by atoms with E-state index in [1.165, 1.54) is 19.2 Å². The molecular weight excluding hydrogens is 449 g/mol. The summed E-state index contributed by atoms with van der Waals surface area (Å²) in [6, 6.07) is 6.49. The number of benzene rings is 1. The van der Waals surface area contributed by atoms with Crippen molar-refractivity contribution in [3.05, 3.63) is 35.6 Å². The van der Waals surface area contributed by atoms with E-state index in [9.17, 15) is 17.6 Å². The van der Waals surface area contributed by atoms with Gasteiger partial charge in [-0.15, -0.1) is 24.0 Å². The van der Waals surface area contributed by atoms with Crippen LogP contribution in [0.25, 0.3) is 0 Å². The van der Waals surface area contributed by atoms with E-state index in [0.29, 0.717) is 12.5 Å². The van der Waals surface area contributed by atoms with Crippen molar-refractivity contribution in [3.63, 3.8) is 0 Å². The molecule has 0 bridgehead atoms. The molecule has 0 spiro atoms. The Labute approximate surface area is 162 Å². The van der Waals surface area contributed by atoms with Gasteiger partial charge in [0.15, 0.2) is 5.96 Å². The summed E-state index contributed by atoms with van der Waals surface area (Å²) in [7, 11) is 1.53. The molecule has 25 heavy (non-hydrogen) atoms. The minimum atomic E-state index is -4.19. The topological polar surface area (TPSA) is 36.4 Å². The molecule has 0 heterocycles. The van der Waals surface area contributed by atoms with Crippen molar-refractivity contribution in [2.45, 2.75) is 43.7 Å². The van der Waals surface area contributed by atoms with E-state index in [1.807, 2.05) is 0 Å². The van der Waals surface area contributed by atoms with Crippen molar-refractivity contribution >= 4 is 29.9 Å². The first-order valence-corrected chi connectivity index (χ1v) is 8.12. The Morgan fingerprint density at radius 2 is 1.72 bits per heavy atom. The van der Waals surface area contributed by atoms with Crippen LogP contribution in [-0.2, 0) is 5.41 Å². The van der Waals surface area contributed by atoms with E-state index in [0.717, 1.165) is 31.2 Å². The molecule has 3 nitrogen and oxygen atoms in total. The van der Waals surface area contributed by atoms with Gasteiger partial charge in [-0.25, -0.2) is 4.39 Å². The molecule has 0 saturated heterocycles. The highest BCUT2D eigenvalue weighted by atomic mass is 127. The van der Waals surface area contributed by atoms with Crippen LogP contribution in [0.2, 0.25) is 0 Å². The Balaban J connectivity index is 0.00000312. The second-order valence-corrected chi connectivity index (χ2v) is 6.21. The molecule has 0 radical (unpaired) electrons. The summed E-state index contributed by atoms with van der Waals surface area (Å²) >= 11 is 0. The lowest BCUT2D eigenvalue weighted by molar-refractivity contribution is -0.132. The van der Waals surface area contributed by atoms with Crippen LogP contribution in [0.5, 0.6) is 0 Å². The van der Waals surface area contributed by atoms with Crippen LogP contribution < -0.4 is 10.6 Å². The van der Waals surface area contributed by atoms with E-state index in [-0.39, 0.29) is 41.8 Å². The van der Waals surface area contributed by atoms with E-state index < -0.39 is 12.6 Å². The van der Waals surface area contributed by atoms with Crippen LogP contribution in [0.3, 0.4) is 0 Å². The zero-order valence-electron chi connectivity index (χ0n) is 14.1. The van der Waals surface area contributed by atoms with Crippen LogP contribution in [0.1, 0.15) is 37.7 Å². The molecular formula is C17H24F4IN3. The fourth-order valence-corrected chi connectivity index (χ4v) is 3.22. The molecule has 0 aromatic heterocycles. The van der Waals surface area contributed by atoms with E-state index in [2.05, 4.69) is 15.6 Å².